The van der Waals surface area contributed by atoms with Crippen LogP contribution < -0.4 is 0 Å². The van der Waals surface area contributed by atoms with E-state index in [4.69, 9.17) is 16.3 Å². The largest absolute Gasteiger partial charge is 0.383 e. The lowest BCUT2D eigenvalue weighted by molar-refractivity contribution is 0.143. The zero-order valence-electron chi connectivity index (χ0n) is 7.84. The number of ether oxygens (including phenoxy) is 1. The molecule has 0 bridgehead atoms. The molecule has 0 radical (unpaired) electrons. The second-order valence-corrected chi connectivity index (χ2v) is 3.02. The number of nitrogens with zero attached hydrogens (tertiary/aromatic N) is 1. The maximum Gasteiger partial charge on any atom is 0.316 e. The van der Waals surface area contributed by atoms with Gasteiger partial charge in [0.1, 0.15) is 0 Å². The molecular weight excluding hydrogens is 178 g/mol. The van der Waals surface area contributed by atoms with E-state index in [-0.39, 0.29) is 6.04 Å². The Morgan fingerprint density at radius 2 is 2.25 bits per heavy atom. The van der Waals surface area contributed by atoms with Gasteiger partial charge in [-0.25, -0.2) is 0 Å². The molecule has 0 fully saturated rings. The molecular formula is C8H16ClNO2. The Labute approximate surface area is 78.6 Å². The van der Waals surface area contributed by atoms with Crippen molar-refractivity contribution >= 4 is 17.0 Å². The average Bonchev–Trinajstić information content (AvgIpc) is 2.04. The second kappa shape index (κ2) is 6.26. The van der Waals surface area contributed by atoms with Gasteiger partial charge in [-0.1, -0.05) is 6.92 Å². The average molecular weight is 194 g/mol. The molecule has 0 heterocycles. The molecule has 0 rings (SSSR count). The maximum atomic E-state index is 10.9. The van der Waals surface area contributed by atoms with Crippen LogP contribution in [0.5, 0.6) is 0 Å². The number of amides is 1. The third kappa shape index (κ3) is 3.93. The molecule has 1 amide bonds. The lowest BCUT2D eigenvalue weighted by atomic mass is 10.2. The van der Waals surface area contributed by atoms with Gasteiger partial charge in [0.2, 0.25) is 0 Å². The fourth-order valence-corrected chi connectivity index (χ4v) is 1.14. The molecule has 0 aromatic rings. The molecule has 0 aliphatic carbocycles. The summed E-state index contributed by atoms with van der Waals surface area (Å²) < 4.78 is 4.86. The maximum absolute atomic E-state index is 10.9. The number of hydrogen-bond acceptors (Lipinski definition) is 2. The van der Waals surface area contributed by atoms with Crippen LogP contribution in [0.3, 0.4) is 0 Å². The van der Waals surface area contributed by atoms with Crippen molar-refractivity contribution in [3.8, 4) is 0 Å². The minimum Gasteiger partial charge on any atom is -0.383 e. The van der Waals surface area contributed by atoms with E-state index < -0.39 is 5.37 Å². The Kier molecular flexibility index (Phi) is 6.11. The van der Waals surface area contributed by atoms with Crippen molar-refractivity contribution in [1.82, 2.24) is 4.90 Å². The number of carbonyl (C=O) groups is 1. The number of methoxy groups -OCH3 is 1. The van der Waals surface area contributed by atoms with Crippen LogP contribution in [0, 0.1) is 0 Å². The smallest absolute Gasteiger partial charge is 0.316 e. The molecule has 1 atom stereocenters. The van der Waals surface area contributed by atoms with Crippen molar-refractivity contribution in [3.05, 3.63) is 0 Å². The number of rotatable bonds is 5. The van der Waals surface area contributed by atoms with Gasteiger partial charge in [0.15, 0.2) is 0 Å². The molecule has 4 heteroatoms. The Balaban J connectivity index is 3.94. The van der Waals surface area contributed by atoms with Crippen molar-refractivity contribution in [2.45, 2.75) is 26.3 Å². The first-order valence-corrected chi connectivity index (χ1v) is 4.46. The van der Waals surface area contributed by atoms with Crippen LogP contribution in [0.4, 0.5) is 4.79 Å². The molecule has 0 saturated heterocycles. The molecule has 0 saturated carbocycles. The summed E-state index contributed by atoms with van der Waals surface area (Å²) in [4.78, 5) is 12.5. The quantitative estimate of drug-likeness (QED) is 0.494. The lowest BCUT2D eigenvalue weighted by Gasteiger charge is -2.25. The van der Waals surface area contributed by atoms with Gasteiger partial charge >= 0.3 is 5.37 Å². The van der Waals surface area contributed by atoms with Crippen LogP contribution in [-0.4, -0.2) is 36.6 Å². The van der Waals surface area contributed by atoms with Crippen molar-refractivity contribution in [3.63, 3.8) is 0 Å². The summed E-state index contributed by atoms with van der Waals surface area (Å²) in [6.07, 6.45) is 0.905. The third-order valence-electron chi connectivity index (χ3n) is 1.89. The molecule has 72 valence electrons. The van der Waals surface area contributed by atoms with E-state index in [2.05, 4.69) is 0 Å². The van der Waals surface area contributed by atoms with Crippen molar-refractivity contribution < 1.29 is 9.53 Å². The van der Waals surface area contributed by atoms with E-state index >= 15 is 0 Å². The van der Waals surface area contributed by atoms with Crippen molar-refractivity contribution in [2.75, 3.05) is 20.3 Å². The summed E-state index contributed by atoms with van der Waals surface area (Å²) >= 11 is 5.38. The predicted molar refractivity (Wildman–Crippen MR) is 49.6 cm³/mol. The van der Waals surface area contributed by atoms with Crippen LogP contribution in [0.15, 0.2) is 0 Å². The highest BCUT2D eigenvalue weighted by atomic mass is 35.5. The topological polar surface area (TPSA) is 29.5 Å². The Morgan fingerprint density at radius 1 is 1.67 bits per heavy atom. The normalized spacial score (nSPS) is 12.7. The molecule has 0 aromatic heterocycles. The SMILES string of the molecule is CCC(C)N(CCOC)C(=O)Cl. The summed E-state index contributed by atoms with van der Waals surface area (Å²) in [5, 5.41) is -0.401. The van der Waals surface area contributed by atoms with Gasteiger partial charge < -0.3 is 9.64 Å². The number of hydrogen-bond donors (Lipinski definition) is 0. The van der Waals surface area contributed by atoms with Gasteiger partial charge in [-0.15, -0.1) is 0 Å². The first kappa shape index (κ1) is 11.7. The van der Waals surface area contributed by atoms with E-state index in [1.807, 2.05) is 13.8 Å². The fraction of sp³-hybridized carbons (Fsp3) is 0.875. The Hall–Kier alpha value is -0.280. The van der Waals surface area contributed by atoms with Gasteiger partial charge in [0.05, 0.1) is 6.61 Å². The highest BCUT2D eigenvalue weighted by molar-refractivity contribution is 6.62. The third-order valence-corrected chi connectivity index (χ3v) is 2.10. The van der Waals surface area contributed by atoms with Crippen LogP contribution in [0.1, 0.15) is 20.3 Å². The number of halogens is 1. The van der Waals surface area contributed by atoms with Crippen LogP contribution in [0.2, 0.25) is 0 Å². The van der Waals surface area contributed by atoms with Gasteiger partial charge in [-0.3, -0.25) is 4.79 Å². The van der Waals surface area contributed by atoms with Gasteiger partial charge in [-0.2, -0.15) is 0 Å². The minimum absolute atomic E-state index is 0.185. The van der Waals surface area contributed by atoms with Gasteiger partial charge in [-0.05, 0) is 24.9 Å². The van der Waals surface area contributed by atoms with E-state index in [1.165, 1.54) is 0 Å². The summed E-state index contributed by atoms with van der Waals surface area (Å²) in [6, 6.07) is 0.185. The number of carbonyl (C=O) groups excluding carboxylic acids is 1. The fourth-order valence-electron chi connectivity index (χ4n) is 0.892. The van der Waals surface area contributed by atoms with Crippen molar-refractivity contribution in [2.24, 2.45) is 0 Å². The monoisotopic (exact) mass is 193 g/mol. The Bertz CT molecular complexity index is 141. The van der Waals surface area contributed by atoms with Gasteiger partial charge in [0, 0.05) is 19.7 Å². The molecule has 3 nitrogen and oxygen atoms in total. The molecule has 0 aromatic carbocycles. The lowest BCUT2D eigenvalue weighted by Crippen LogP contribution is -2.37. The standard InChI is InChI=1S/C8H16ClNO2/c1-4-7(2)10(8(9)11)5-6-12-3/h7H,4-6H2,1-3H3. The second-order valence-electron chi connectivity index (χ2n) is 2.70. The molecule has 0 N–H and O–H groups in total. The van der Waals surface area contributed by atoms with Gasteiger partial charge in [0.25, 0.3) is 0 Å². The van der Waals surface area contributed by atoms with Crippen LogP contribution in [-0.2, 0) is 4.74 Å². The predicted octanol–water partition coefficient (Wildman–Crippen LogP) is 2.09. The first-order chi connectivity index (χ1) is 5.63. The summed E-state index contributed by atoms with van der Waals surface area (Å²) in [7, 11) is 1.60. The molecule has 0 aliphatic rings. The zero-order chi connectivity index (χ0) is 9.56. The summed E-state index contributed by atoms with van der Waals surface area (Å²) in [6.45, 7) is 5.08. The van der Waals surface area contributed by atoms with Crippen molar-refractivity contribution in [1.29, 1.82) is 0 Å². The van der Waals surface area contributed by atoms with E-state index in [9.17, 15) is 4.79 Å². The molecule has 0 aliphatic heterocycles. The first-order valence-electron chi connectivity index (χ1n) is 4.08. The zero-order valence-corrected chi connectivity index (χ0v) is 8.60. The van der Waals surface area contributed by atoms with E-state index in [0.29, 0.717) is 13.2 Å². The Morgan fingerprint density at radius 3 is 2.58 bits per heavy atom. The molecule has 1 unspecified atom stereocenters. The summed E-state index contributed by atoms with van der Waals surface area (Å²) in [5.74, 6) is 0. The highest BCUT2D eigenvalue weighted by Gasteiger charge is 2.15. The van der Waals surface area contributed by atoms with Crippen LogP contribution >= 0.6 is 11.6 Å². The molecule has 0 spiro atoms. The summed E-state index contributed by atoms with van der Waals surface area (Å²) in [5.41, 5.74) is 0. The van der Waals surface area contributed by atoms with E-state index in [0.717, 1.165) is 6.42 Å². The minimum atomic E-state index is -0.401. The van der Waals surface area contributed by atoms with E-state index in [1.54, 1.807) is 12.0 Å². The van der Waals surface area contributed by atoms with Crippen LogP contribution in [0.25, 0.3) is 0 Å². The highest BCUT2D eigenvalue weighted by Crippen LogP contribution is 2.06. The molecule has 12 heavy (non-hydrogen) atoms.